The molecule has 0 bridgehead atoms. The van der Waals surface area contributed by atoms with Crippen LogP contribution in [-0.2, 0) is 4.79 Å². The minimum atomic E-state index is -4.73. The lowest BCUT2D eigenvalue weighted by atomic mass is 9.91. The highest BCUT2D eigenvalue weighted by atomic mass is 19.4. The van der Waals surface area contributed by atoms with Gasteiger partial charge in [-0.05, 0) is 44.5 Å². The summed E-state index contributed by atoms with van der Waals surface area (Å²) in [6, 6.07) is 7.34. The molecule has 8 heteroatoms. The van der Waals surface area contributed by atoms with E-state index in [9.17, 15) is 23.1 Å². The summed E-state index contributed by atoms with van der Waals surface area (Å²) in [4.78, 5) is 13.6. The number of β-amino-alcohol motifs (C(OH)–C–C–N with tert-alkyl or cyclic N) is 1. The van der Waals surface area contributed by atoms with Crippen molar-refractivity contribution in [1.29, 1.82) is 5.26 Å². The zero-order chi connectivity index (χ0) is 18.0. The van der Waals surface area contributed by atoms with Gasteiger partial charge in [0, 0.05) is 12.2 Å². The van der Waals surface area contributed by atoms with E-state index in [-0.39, 0.29) is 12.8 Å². The van der Waals surface area contributed by atoms with Crippen LogP contribution in [0.4, 0.5) is 18.9 Å². The second-order valence-electron chi connectivity index (χ2n) is 5.96. The Labute approximate surface area is 137 Å². The number of likely N-dealkylation sites (tertiary alicyclic amines) is 1. The van der Waals surface area contributed by atoms with Crippen molar-refractivity contribution in [2.45, 2.75) is 37.6 Å². The highest BCUT2D eigenvalue weighted by Gasteiger charge is 2.55. The molecule has 24 heavy (non-hydrogen) atoms. The first kappa shape index (κ1) is 18.2. The predicted octanol–water partition coefficient (Wildman–Crippen LogP) is 2.27. The molecule has 1 aromatic carbocycles. The molecular weight excluding hydrogens is 323 g/mol. The van der Waals surface area contributed by atoms with Gasteiger partial charge in [0.2, 0.25) is 5.91 Å². The number of hydrogen-bond donors (Lipinski definition) is 2. The van der Waals surface area contributed by atoms with Gasteiger partial charge < -0.3 is 10.4 Å². The van der Waals surface area contributed by atoms with E-state index in [2.05, 4.69) is 5.32 Å². The van der Waals surface area contributed by atoms with Crippen molar-refractivity contribution in [2.75, 3.05) is 18.4 Å². The molecule has 0 radical (unpaired) electrons. The van der Waals surface area contributed by atoms with E-state index in [1.54, 1.807) is 18.2 Å². The first-order chi connectivity index (χ1) is 11.2. The van der Waals surface area contributed by atoms with Crippen LogP contribution in [0.2, 0.25) is 0 Å². The van der Waals surface area contributed by atoms with Gasteiger partial charge in [-0.25, -0.2) is 0 Å². The SMILES string of the molecule is CC(C(=O)Nc1cccc(C#N)c1)N1CCCC(O)(C(F)(F)F)C1. The van der Waals surface area contributed by atoms with Gasteiger partial charge >= 0.3 is 6.18 Å². The lowest BCUT2D eigenvalue weighted by Crippen LogP contribution is -2.60. The number of anilines is 1. The Bertz CT molecular complexity index is 657. The fourth-order valence-electron chi connectivity index (χ4n) is 2.71. The highest BCUT2D eigenvalue weighted by molar-refractivity contribution is 5.94. The largest absolute Gasteiger partial charge is 0.418 e. The quantitative estimate of drug-likeness (QED) is 0.884. The standard InChI is InChI=1S/C16H18F3N3O2/c1-11(14(23)21-13-5-2-4-12(8-13)9-20)22-7-3-6-15(24,10-22)16(17,18)19/h2,4-5,8,11,24H,3,6-7,10H2,1H3,(H,21,23). The number of nitriles is 1. The van der Waals surface area contributed by atoms with Crippen LogP contribution in [0, 0.1) is 11.3 Å². The number of nitrogens with zero attached hydrogens (tertiary/aromatic N) is 2. The van der Waals surface area contributed by atoms with Crippen LogP contribution in [0.3, 0.4) is 0 Å². The van der Waals surface area contributed by atoms with E-state index < -0.39 is 30.3 Å². The van der Waals surface area contributed by atoms with E-state index in [0.29, 0.717) is 17.8 Å². The Balaban J connectivity index is 2.06. The molecule has 2 N–H and O–H groups in total. The number of piperidine rings is 1. The maximum absolute atomic E-state index is 13.0. The molecule has 2 unspecified atom stereocenters. The van der Waals surface area contributed by atoms with Crippen LogP contribution >= 0.6 is 0 Å². The normalized spacial score (nSPS) is 23.3. The van der Waals surface area contributed by atoms with E-state index >= 15 is 0 Å². The van der Waals surface area contributed by atoms with Crippen LogP contribution in [0.1, 0.15) is 25.3 Å². The number of alkyl halides is 3. The van der Waals surface area contributed by atoms with Crippen LogP contribution in [0.25, 0.3) is 0 Å². The molecule has 0 saturated carbocycles. The summed E-state index contributed by atoms with van der Waals surface area (Å²) >= 11 is 0. The Morgan fingerprint density at radius 1 is 1.50 bits per heavy atom. The van der Waals surface area contributed by atoms with Crippen LogP contribution < -0.4 is 5.32 Å². The monoisotopic (exact) mass is 341 g/mol. The van der Waals surface area contributed by atoms with Gasteiger partial charge in [-0.3, -0.25) is 9.69 Å². The van der Waals surface area contributed by atoms with E-state index in [1.807, 2.05) is 6.07 Å². The maximum Gasteiger partial charge on any atom is 0.418 e. The van der Waals surface area contributed by atoms with Crippen molar-refractivity contribution in [3.05, 3.63) is 29.8 Å². The number of carbonyl (C=O) groups excluding carboxylic acids is 1. The van der Waals surface area contributed by atoms with E-state index in [1.165, 1.54) is 17.9 Å². The first-order valence-electron chi connectivity index (χ1n) is 7.50. The molecule has 2 atom stereocenters. The van der Waals surface area contributed by atoms with Crippen molar-refractivity contribution in [1.82, 2.24) is 4.90 Å². The number of amides is 1. The summed E-state index contributed by atoms with van der Waals surface area (Å²) in [5.41, 5.74) is -2.03. The van der Waals surface area contributed by atoms with Gasteiger partial charge in [0.1, 0.15) is 0 Å². The summed E-state index contributed by atoms with van der Waals surface area (Å²) in [6.45, 7) is 1.15. The number of hydrogen-bond acceptors (Lipinski definition) is 4. The van der Waals surface area contributed by atoms with Crippen molar-refractivity contribution >= 4 is 11.6 Å². The maximum atomic E-state index is 13.0. The van der Waals surface area contributed by atoms with Gasteiger partial charge in [-0.15, -0.1) is 0 Å². The van der Waals surface area contributed by atoms with E-state index in [4.69, 9.17) is 5.26 Å². The molecule has 2 rings (SSSR count). The average Bonchev–Trinajstić information content (AvgIpc) is 2.53. The molecule has 1 amide bonds. The fourth-order valence-corrected chi connectivity index (χ4v) is 2.71. The van der Waals surface area contributed by atoms with Crippen LogP contribution in [-0.4, -0.2) is 46.8 Å². The smallest absolute Gasteiger partial charge is 0.379 e. The van der Waals surface area contributed by atoms with Crippen molar-refractivity contribution in [3.63, 3.8) is 0 Å². The lowest BCUT2D eigenvalue weighted by Gasteiger charge is -2.42. The molecule has 130 valence electrons. The molecule has 1 aromatic rings. The fraction of sp³-hybridized carbons (Fsp3) is 0.500. The van der Waals surface area contributed by atoms with Gasteiger partial charge in [0.15, 0.2) is 5.60 Å². The predicted molar refractivity (Wildman–Crippen MR) is 81.1 cm³/mol. The minimum Gasteiger partial charge on any atom is -0.379 e. The Morgan fingerprint density at radius 2 is 2.21 bits per heavy atom. The molecule has 1 aliphatic rings. The Hall–Kier alpha value is -2.11. The van der Waals surface area contributed by atoms with Crippen LogP contribution in [0.5, 0.6) is 0 Å². The number of rotatable bonds is 3. The molecule has 1 aliphatic heterocycles. The van der Waals surface area contributed by atoms with Gasteiger partial charge in [0.05, 0.1) is 17.7 Å². The minimum absolute atomic E-state index is 0.150. The number of carbonyl (C=O) groups is 1. The third-order valence-electron chi connectivity index (χ3n) is 4.21. The molecule has 1 heterocycles. The zero-order valence-corrected chi connectivity index (χ0v) is 13.1. The number of benzene rings is 1. The number of halogens is 3. The zero-order valence-electron chi connectivity index (χ0n) is 13.1. The Morgan fingerprint density at radius 3 is 2.83 bits per heavy atom. The lowest BCUT2D eigenvalue weighted by molar-refractivity contribution is -0.275. The summed E-state index contributed by atoms with van der Waals surface area (Å²) in [5, 5.41) is 21.3. The third kappa shape index (κ3) is 3.86. The molecule has 1 fully saturated rings. The second kappa shape index (κ2) is 6.79. The summed E-state index contributed by atoms with van der Waals surface area (Å²) in [7, 11) is 0. The summed E-state index contributed by atoms with van der Waals surface area (Å²) < 4.78 is 39.0. The molecule has 0 aromatic heterocycles. The van der Waals surface area contributed by atoms with Crippen molar-refractivity contribution in [2.24, 2.45) is 0 Å². The van der Waals surface area contributed by atoms with E-state index in [0.717, 1.165) is 0 Å². The highest BCUT2D eigenvalue weighted by Crippen LogP contribution is 2.37. The molecule has 0 aliphatic carbocycles. The summed E-state index contributed by atoms with van der Waals surface area (Å²) in [6.07, 6.45) is -4.95. The molecule has 1 saturated heterocycles. The topological polar surface area (TPSA) is 76.4 Å². The first-order valence-corrected chi connectivity index (χ1v) is 7.50. The number of aliphatic hydroxyl groups is 1. The van der Waals surface area contributed by atoms with Gasteiger partial charge in [-0.1, -0.05) is 6.07 Å². The van der Waals surface area contributed by atoms with Crippen LogP contribution in [0.15, 0.2) is 24.3 Å². The van der Waals surface area contributed by atoms with Crippen molar-refractivity contribution < 1.29 is 23.1 Å². The molecular formula is C16H18F3N3O2. The number of nitrogens with one attached hydrogen (secondary N) is 1. The van der Waals surface area contributed by atoms with Gasteiger partial charge in [0.25, 0.3) is 0 Å². The molecule has 5 nitrogen and oxygen atoms in total. The summed E-state index contributed by atoms with van der Waals surface area (Å²) in [5.74, 6) is -0.489. The van der Waals surface area contributed by atoms with Crippen molar-refractivity contribution in [3.8, 4) is 6.07 Å². The van der Waals surface area contributed by atoms with Gasteiger partial charge in [-0.2, -0.15) is 18.4 Å². The third-order valence-corrected chi connectivity index (χ3v) is 4.21. The Kier molecular flexibility index (Phi) is 5.16. The molecule has 0 spiro atoms. The second-order valence-corrected chi connectivity index (χ2v) is 5.96. The average molecular weight is 341 g/mol.